The number of nitrogen functional groups attached to an aromatic ring is 1. The van der Waals surface area contributed by atoms with Crippen LogP contribution in [0.5, 0.6) is 0 Å². The molecule has 9 nitrogen and oxygen atoms in total. The molecular weight excluding hydrogens is 380 g/mol. The molecule has 152 valence electrons. The van der Waals surface area contributed by atoms with E-state index in [0.29, 0.717) is 12.1 Å². The van der Waals surface area contributed by atoms with Gasteiger partial charge in [0.05, 0.1) is 22.8 Å². The Hall–Kier alpha value is -3.88. The van der Waals surface area contributed by atoms with Crippen molar-refractivity contribution in [3.63, 3.8) is 0 Å². The molecule has 4 aromatic rings. The Morgan fingerprint density at radius 1 is 1.27 bits per heavy atom. The van der Waals surface area contributed by atoms with Gasteiger partial charge in [-0.1, -0.05) is 12.1 Å². The van der Waals surface area contributed by atoms with E-state index < -0.39 is 0 Å². The lowest BCUT2D eigenvalue weighted by Gasteiger charge is -2.16. The van der Waals surface area contributed by atoms with E-state index in [4.69, 9.17) is 5.73 Å². The molecule has 0 spiro atoms. The van der Waals surface area contributed by atoms with Gasteiger partial charge in [0.15, 0.2) is 0 Å². The summed E-state index contributed by atoms with van der Waals surface area (Å²) in [5.74, 6) is 0.821. The van der Waals surface area contributed by atoms with Gasteiger partial charge in [-0.05, 0) is 24.6 Å². The first kappa shape index (κ1) is 18.2. The standard InChI is InChI=1S/C21H22N8O/c1-28-11-14(10-24-28)13-8-16(19(22)23-9-13)20(30)25-15-6-7-29(12-15)21-26-17-4-2-3-5-18(17)27-21/h2-5,8-11,15H,6-7,12H2,1H3,(H2,22,23)(H,25,30)(H,26,27)/t15-/m1/s1. The van der Waals surface area contributed by atoms with Crippen LogP contribution in [0.4, 0.5) is 11.8 Å². The highest BCUT2D eigenvalue weighted by Gasteiger charge is 2.27. The first-order chi connectivity index (χ1) is 14.6. The van der Waals surface area contributed by atoms with Gasteiger partial charge >= 0.3 is 0 Å². The van der Waals surface area contributed by atoms with Crippen molar-refractivity contribution in [2.24, 2.45) is 7.05 Å². The molecule has 4 N–H and O–H groups in total. The Morgan fingerprint density at radius 2 is 2.13 bits per heavy atom. The Bertz CT molecular complexity index is 1190. The molecule has 0 unspecified atom stereocenters. The molecule has 9 heteroatoms. The molecule has 0 aliphatic carbocycles. The zero-order valence-electron chi connectivity index (χ0n) is 16.5. The molecule has 3 aromatic heterocycles. The van der Waals surface area contributed by atoms with E-state index in [2.05, 4.69) is 30.3 Å². The lowest BCUT2D eigenvalue weighted by molar-refractivity contribution is 0.0941. The van der Waals surface area contributed by atoms with Crippen LogP contribution in [0.3, 0.4) is 0 Å². The number of carbonyl (C=O) groups is 1. The fourth-order valence-electron chi connectivity index (χ4n) is 3.81. The molecule has 1 atom stereocenters. The van der Waals surface area contributed by atoms with Crippen LogP contribution in [0.1, 0.15) is 16.8 Å². The van der Waals surface area contributed by atoms with Gasteiger partial charge in [0, 0.05) is 49.7 Å². The Labute approximate surface area is 172 Å². The van der Waals surface area contributed by atoms with Crippen LogP contribution in [0, 0.1) is 0 Å². The first-order valence-corrected chi connectivity index (χ1v) is 9.82. The summed E-state index contributed by atoms with van der Waals surface area (Å²) in [5, 5.41) is 7.26. The number of para-hydroxylation sites is 2. The minimum Gasteiger partial charge on any atom is -0.383 e. The fraction of sp³-hybridized carbons (Fsp3) is 0.238. The highest BCUT2D eigenvalue weighted by molar-refractivity contribution is 5.99. The number of H-pyrrole nitrogens is 1. The number of aromatic nitrogens is 5. The van der Waals surface area contributed by atoms with Crippen molar-refractivity contribution in [3.05, 3.63) is 54.5 Å². The van der Waals surface area contributed by atoms with Crippen LogP contribution < -0.4 is 16.0 Å². The van der Waals surface area contributed by atoms with E-state index >= 15 is 0 Å². The maximum Gasteiger partial charge on any atom is 0.255 e. The number of hydrogen-bond acceptors (Lipinski definition) is 6. The monoisotopic (exact) mass is 402 g/mol. The maximum atomic E-state index is 12.9. The summed E-state index contributed by atoms with van der Waals surface area (Å²) in [6.45, 7) is 1.50. The summed E-state index contributed by atoms with van der Waals surface area (Å²) < 4.78 is 1.70. The minimum atomic E-state index is -0.220. The number of anilines is 2. The summed E-state index contributed by atoms with van der Waals surface area (Å²) in [6.07, 6.45) is 6.09. The van der Waals surface area contributed by atoms with Crippen molar-refractivity contribution < 1.29 is 4.79 Å². The third-order valence-electron chi connectivity index (χ3n) is 5.40. The summed E-state index contributed by atoms with van der Waals surface area (Å²) in [4.78, 5) is 27.2. The smallest absolute Gasteiger partial charge is 0.255 e. The van der Waals surface area contributed by atoms with E-state index in [1.165, 1.54) is 0 Å². The number of benzene rings is 1. The van der Waals surface area contributed by atoms with E-state index in [9.17, 15) is 4.79 Å². The van der Waals surface area contributed by atoms with E-state index in [1.54, 1.807) is 23.1 Å². The average molecular weight is 402 g/mol. The van der Waals surface area contributed by atoms with Crippen molar-refractivity contribution in [2.75, 3.05) is 23.7 Å². The number of amides is 1. The van der Waals surface area contributed by atoms with Gasteiger partial charge in [-0.15, -0.1) is 0 Å². The second-order valence-corrected chi connectivity index (χ2v) is 7.54. The first-order valence-electron chi connectivity index (χ1n) is 9.82. The molecule has 30 heavy (non-hydrogen) atoms. The number of hydrogen-bond donors (Lipinski definition) is 3. The van der Waals surface area contributed by atoms with E-state index in [-0.39, 0.29) is 17.8 Å². The summed E-state index contributed by atoms with van der Waals surface area (Å²) in [7, 11) is 1.84. The normalized spacial score (nSPS) is 16.3. The molecule has 1 aromatic carbocycles. The highest BCUT2D eigenvalue weighted by atomic mass is 16.1. The SMILES string of the molecule is Cn1cc(-c2cnc(N)c(C(=O)N[C@@H]3CCN(c4nc5ccccc5[nH]4)C3)c2)cn1. The lowest BCUT2D eigenvalue weighted by Crippen LogP contribution is -2.37. The Morgan fingerprint density at radius 3 is 2.93 bits per heavy atom. The number of nitrogens with zero attached hydrogens (tertiary/aromatic N) is 5. The Balaban J connectivity index is 1.30. The molecule has 0 saturated carbocycles. The third kappa shape index (κ3) is 3.34. The Kier molecular flexibility index (Phi) is 4.35. The second-order valence-electron chi connectivity index (χ2n) is 7.54. The number of nitrogens with two attached hydrogens (primary N) is 1. The predicted molar refractivity (Wildman–Crippen MR) is 115 cm³/mol. The zero-order valence-corrected chi connectivity index (χ0v) is 16.5. The molecular formula is C21H22N8O. The number of aryl methyl sites for hydroxylation is 1. The largest absolute Gasteiger partial charge is 0.383 e. The van der Waals surface area contributed by atoms with E-state index in [1.807, 2.05) is 37.5 Å². The van der Waals surface area contributed by atoms with Gasteiger partial charge in [0.25, 0.3) is 5.91 Å². The molecule has 0 radical (unpaired) electrons. The number of imidazole rings is 1. The highest BCUT2D eigenvalue weighted by Crippen LogP contribution is 2.23. The summed E-state index contributed by atoms with van der Waals surface area (Å²) in [5.41, 5.74) is 10.00. The number of nitrogens with one attached hydrogen (secondary N) is 2. The van der Waals surface area contributed by atoms with Gasteiger partial charge in [-0.2, -0.15) is 5.10 Å². The van der Waals surface area contributed by atoms with Crippen LogP contribution in [0.25, 0.3) is 22.2 Å². The van der Waals surface area contributed by atoms with E-state index in [0.717, 1.165) is 41.1 Å². The van der Waals surface area contributed by atoms with Crippen LogP contribution in [0.15, 0.2) is 48.9 Å². The summed E-state index contributed by atoms with van der Waals surface area (Å²) >= 11 is 0. The fourth-order valence-corrected chi connectivity index (χ4v) is 3.81. The summed E-state index contributed by atoms with van der Waals surface area (Å²) in [6, 6.07) is 9.71. The topological polar surface area (TPSA) is 118 Å². The van der Waals surface area contributed by atoms with Crippen molar-refractivity contribution in [1.29, 1.82) is 0 Å². The van der Waals surface area contributed by atoms with Crippen molar-refractivity contribution in [2.45, 2.75) is 12.5 Å². The molecule has 1 amide bonds. The predicted octanol–water partition coefficient (Wildman–Crippen LogP) is 1.95. The third-order valence-corrected chi connectivity index (χ3v) is 5.40. The van der Waals surface area contributed by atoms with Crippen molar-refractivity contribution in [3.8, 4) is 11.1 Å². The number of rotatable bonds is 4. The number of fused-ring (bicyclic) bond motifs is 1. The molecule has 1 fully saturated rings. The number of carbonyl (C=O) groups excluding carboxylic acids is 1. The molecule has 1 aliphatic rings. The number of aromatic amines is 1. The van der Waals surface area contributed by atoms with Crippen LogP contribution in [0.2, 0.25) is 0 Å². The zero-order chi connectivity index (χ0) is 20.7. The van der Waals surface area contributed by atoms with Crippen molar-refractivity contribution in [1.82, 2.24) is 30.0 Å². The van der Waals surface area contributed by atoms with Crippen molar-refractivity contribution >= 4 is 28.7 Å². The van der Waals surface area contributed by atoms with Gasteiger partial charge in [-0.3, -0.25) is 9.48 Å². The molecule has 1 aliphatic heterocycles. The van der Waals surface area contributed by atoms with Gasteiger partial charge in [0.2, 0.25) is 5.95 Å². The molecule has 4 heterocycles. The van der Waals surface area contributed by atoms with Gasteiger partial charge in [0.1, 0.15) is 5.82 Å². The second kappa shape index (κ2) is 7.18. The lowest BCUT2D eigenvalue weighted by atomic mass is 10.1. The average Bonchev–Trinajstić information content (AvgIpc) is 3.47. The van der Waals surface area contributed by atoms with Gasteiger partial charge in [-0.25, -0.2) is 9.97 Å². The van der Waals surface area contributed by atoms with Crippen LogP contribution in [-0.4, -0.2) is 49.8 Å². The van der Waals surface area contributed by atoms with Crippen LogP contribution >= 0.6 is 0 Å². The molecule has 5 rings (SSSR count). The van der Waals surface area contributed by atoms with Gasteiger partial charge < -0.3 is 20.9 Å². The number of pyridine rings is 1. The van der Waals surface area contributed by atoms with Crippen LogP contribution in [-0.2, 0) is 7.05 Å². The minimum absolute atomic E-state index is 0.00663. The maximum absolute atomic E-state index is 12.9. The molecule has 0 bridgehead atoms. The molecule has 1 saturated heterocycles. The quantitative estimate of drug-likeness (QED) is 0.480.